The Morgan fingerprint density at radius 1 is 0.342 bits per heavy atom. The van der Waals surface area contributed by atoms with E-state index in [9.17, 15) is 9.90 Å². The highest BCUT2D eigenvalue weighted by Crippen LogP contribution is 2.39. The molecule has 0 spiro atoms. The summed E-state index contributed by atoms with van der Waals surface area (Å²) in [4.78, 5) is 12.1. The van der Waals surface area contributed by atoms with Gasteiger partial charge in [-0.05, 0) is 93.7 Å². The zero-order valence-electron chi connectivity index (χ0n) is 41.7. The van der Waals surface area contributed by atoms with E-state index in [1.54, 1.807) is 13.0 Å². The molecule has 0 aromatic heterocycles. The minimum absolute atomic E-state index is 0.130. The Labute approximate surface area is 426 Å². The molecule has 14 heteroatoms. The van der Waals surface area contributed by atoms with Gasteiger partial charge >= 0.3 is 5.97 Å². The number of aromatic carboxylic acids is 1. The zero-order chi connectivity index (χ0) is 50.2. The minimum atomic E-state index is -1.05. The second kappa shape index (κ2) is 25.6. The Morgan fingerprint density at radius 3 is 0.959 bits per heavy atom. The number of hydrogen-bond donors (Lipinski definition) is 1. The second-order valence-corrected chi connectivity index (χ2v) is 17.9. The fraction of sp³-hybridized carbons (Fsp3) is 0.373. The van der Waals surface area contributed by atoms with E-state index in [1.165, 1.54) is 6.07 Å². The number of benzene rings is 6. The van der Waals surface area contributed by atoms with Gasteiger partial charge in [0.2, 0.25) is 0 Å². The van der Waals surface area contributed by atoms with E-state index in [0.29, 0.717) is 107 Å². The highest BCUT2D eigenvalue weighted by Gasteiger charge is 2.23. The molecular weight excluding hydrogens is 933 g/mol. The molecule has 73 heavy (non-hydrogen) atoms. The van der Waals surface area contributed by atoms with Crippen LogP contribution >= 0.6 is 0 Å². The zero-order valence-corrected chi connectivity index (χ0v) is 41.7. The number of carboxylic acid groups (broad SMARTS) is 1. The topological polar surface area (TPSA) is 148 Å². The Balaban J connectivity index is 1.09. The van der Waals surface area contributed by atoms with Crippen molar-refractivity contribution in [2.24, 2.45) is 0 Å². The van der Waals surface area contributed by atoms with Crippen molar-refractivity contribution in [1.82, 2.24) is 0 Å². The molecule has 0 fully saturated rings. The molecule has 5 aliphatic rings. The van der Waals surface area contributed by atoms with E-state index < -0.39 is 5.97 Å². The fourth-order valence-corrected chi connectivity index (χ4v) is 9.25. The average molecular weight is 997 g/mol. The van der Waals surface area contributed by atoms with Gasteiger partial charge in [-0.2, -0.15) is 0 Å². The van der Waals surface area contributed by atoms with Crippen molar-refractivity contribution in [3.63, 3.8) is 0 Å². The molecule has 0 radical (unpaired) electrons. The lowest BCUT2D eigenvalue weighted by Gasteiger charge is -2.23. The van der Waals surface area contributed by atoms with E-state index in [1.807, 2.05) is 25.1 Å². The van der Waals surface area contributed by atoms with Gasteiger partial charge in [0.1, 0.15) is 75.9 Å². The highest BCUT2D eigenvalue weighted by atomic mass is 16.6. The number of carboxylic acids is 1. The Kier molecular flexibility index (Phi) is 17.9. The number of fused-ring (bicyclic) bond motifs is 24. The summed E-state index contributed by atoms with van der Waals surface area (Å²) in [7, 11) is 0. The molecule has 4 aliphatic heterocycles. The lowest BCUT2D eigenvalue weighted by atomic mass is 9.91. The number of para-hydroxylation sites is 4. The van der Waals surface area contributed by atoms with E-state index in [0.717, 1.165) is 73.1 Å². The van der Waals surface area contributed by atoms with Crippen LogP contribution in [0.5, 0.6) is 46.0 Å². The molecule has 0 saturated heterocycles. The number of hydrogen-bond acceptors (Lipinski definition) is 13. The maximum absolute atomic E-state index is 12.1. The monoisotopic (exact) mass is 996 g/mol. The number of aryl methyl sites for hydroxylation is 2. The van der Waals surface area contributed by atoms with Crippen LogP contribution in [0.15, 0.2) is 103 Å². The second-order valence-electron chi connectivity index (χ2n) is 17.9. The van der Waals surface area contributed by atoms with Crippen LogP contribution in [0.25, 0.3) is 0 Å². The predicted molar refractivity (Wildman–Crippen MR) is 274 cm³/mol. The van der Waals surface area contributed by atoms with Crippen LogP contribution in [0.4, 0.5) is 0 Å². The lowest BCUT2D eigenvalue weighted by Crippen LogP contribution is -2.15. The molecule has 6 aromatic carbocycles. The summed E-state index contributed by atoms with van der Waals surface area (Å²) in [6.45, 7) is 8.32. The van der Waals surface area contributed by atoms with Crippen LogP contribution in [-0.4, -0.2) is 117 Å². The molecule has 0 unspecified atom stereocenters. The van der Waals surface area contributed by atoms with E-state index >= 15 is 0 Å². The quantitative estimate of drug-likeness (QED) is 0.156. The molecule has 1 N–H and O–H groups in total. The maximum atomic E-state index is 12.1. The molecule has 12 bridgehead atoms. The third-order valence-corrected chi connectivity index (χ3v) is 12.7. The van der Waals surface area contributed by atoms with Crippen molar-refractivity contribution in [2.45, 2.75) is 39.5 Å². The van der Waals surface area contributed by atoms with Crippen LogP contribution in [0.3, 0.4) is 0 Å². The normalized spacial score (nSPS) is 16.6. The smallest absolute Gasteiger partial charge is 0.336 e. The van der Waals surface area contributed by atoms with Crippen LogP contribution in [0.1, 0.15) is 66.0 Å². The summed E-state index contributed by atoms with van der Waals surface area (Å²) >= 11 is 0. The van der Waals surface area contributed by atoms with Gasteiger partial charge in [0.25, 0.3) is 0 Å². The summed E-state index contributed by atoms with van der Waals surface area (Å²) in [5, 5.41) is 9.87. The third kappa shape index (κ3) is 13.6. The van der Waals surface area contributed by atoms with Crippen LogP contribution in [-0.2, 0) is 44.6 Å². The first-order chi connectivity index (χ1) is 35.9. The first-order valence-electron chi connectivity index (χ1n) is 25.1. The molecule has 0 amide bonds. The maximum Gasteiger partial charge on any atom is 0.336 e. The standard InChI is InChI=1S/C59H64O14/c1-40-15-16-51-52(33-40)67-26-18-63-22-30-71-56-44-9-4-10-45(56)38-49-14-6-13-48-36-43-8-3-7-42(55(43)70-29-21-62-17-25-66-51)35-46-11-5-12-47(37-44)57(46)72-31-23-64-19-27-68-53-34-41(2)50(59(60)61)39-54(53)69-28-20-65-24-32-73-58(48)49/h3-16,33-34,39H,17-32,35-38H2,1-2H3,(H,60,61). The fourth-order valence-electron chi connectivity index (χ4n) is 9.25. The summed E-state index contributed by atoms with van der Waals surface area (Å²) in [5.74, 6) is 4.06. The molecule has 0 saturated carbocycles. The van der Waals surface area contributed by atoms with E-state index in [4.69, 9.17) is 56.8 Å². The molecule has 14 nitrogen and oxygen atoms in total. The van der Waals surface area contributed by atoms with Gasteiger partial charge in [-0.25, -0.2) is 4.79 Å². The van der Waals surface area contributed by atoms with E-state index in [-0.39, 0.29) is 58.4 Å². The molecule has 11 rings (SSSR count). The predicted octanol–water partition coefficient (Wildman–Crippen LogP) is 9.20. The molecular formula is C59H64O14. The van der Waals surface area contributed by atoms with Crippen LogP contribution in [0.2, 0.25) is 0 Å². The van der Waals surface area contributed by atoms with Crippen LogP contribution < -0.4 is 37.9 Å². The average Bonchev–Trinajstić information content (AvgIpc) is 3.37. The highest BCUT2D eigenvalue weighted by molar-refractivity contribution is 5.90. The van der Waals surface area contributed by atoms with Gasteiger partial charge in [0.15, 0.2) is 23.0 Å². The molecule has 384 valence electrons. The Morgan fingerprint density at radius 2 is 0.630 bits per heavy atom. The first-order valence-corrected chi connectivity index (χ1v) is 25.1. The SMILES string of the molecule is Cc1ccc2c(c1)OCCOCCOc1c3cccc1Cc1cccc4c1OCCOCCOc1cc(C(=O)O)c(C)cc1OCCOCCOc1c(cccc1C3)Cc1cccc(c1OCCOCCO2)C4. The number of ether oxygens (including phenoxy) is 12. The number of carbonyl (C=O) groups is 1. The summed E-state index contributed by atoms with van der Waals surface area (Å²) in [6.07, 6.45) is 2.06. The Hall–Kier alpha value is -6.97. The first kappa shape index (κ1) is 51.0. The Bertz CT molecular complexity index is 2810. The van der Waals surface area contributed by atoms with Crippen molar-refractivity contribution in [3.8, 4) is 46.0 Å². The van der Waals surface area contributed by atoms with Crippen LogP contribution in [0, 0.1) is 13.8 Å². The molecule has 6 aromatic rings. The summed E-state index contributed by atoms with van der Waals surface area (Å²) in [5.41, 5.74) is 9.67. The van der Waals surface area contributed by atoms with Gasteiger partial charge in [0.05, 0.1) is 58.4 Å². The lowest BCUT2D eigenvalue weighted by molar-refractivity contribution is 0.0680. The molecule has 4 heterocycles. The van der Waals surface area contributed by atoms with Gasteiger partial charge in [-0.1, -0.05) is 78.9 Å². The van der Waals surface area contributed by atoms with Gasteiger partial charge in [0, 0.05) is 25.7 Å². The van der Waals surface area contributed by atoms with Crippen molar-refractivity contribution >= 4 is 5.97 Å². The number of rotatable bonds is 1. The van der Waals surface area contributed by atoms with Crippen molar-refractivity contribution in [1.29, 1.82) is 0 Å². The van der Waals surface area contributed by atoms with Gasteiger partial charge in [-0.3, -0.25) is 0 Å². The summed E-state index contributed by atoms with van der Waals surface area (Å²) < 4.78 is 76.0. The van der Waals surface area contributed by atoms with Crippen molar-refractivity contribution in [3.05, 3.63) is 164 Å². The largest absolute Gasteiger partial charge is 0.491 e. The van der Waals surface area contributed by atoms with Gasteiger partial charge in [-0.15, -0.1) is 0 Å². The van der Waals surface area contributed by atoms with Crippen molar-refractivity contribution in [2.75, 3.05) is 106 Å². The summed E-state index contributed by atoms with van der Waals surface area (Å²) in [6, 6.07) is 34.3. The van der Waals surface area contributed by atoms with E-state index in [2.05, 4.69) is 72.8 Å². The van der Waals surface area contributed by atoms with Gasteiger partial charge < -0.3 is 61.9 Å². The molecule has 1 aliphatic carbocycles. The third-order valence-electron chi connectivity index (χ3n) is 12.7. The molecule has 0 atom stereocenters. The van der Waals surface area contributed by atoms with Crippen molar-refractivity contribution < 1.29 is 66.7 Å². The minimum Gasteiger partial charge on any atom is -0.491 e.